The lowest BCUT2D eigenvalue weighted by Gasteiger charge is -2.32. The standard InChI is InChI=1S/C9H17N3O6S/c1-2-18-9(15)10-19(16,17)12-5-3-11(4-6-12)7-8(13)14/h2-7H2,1H3,(H,10,15)(H,13,14). The summed E-state index contributed by atoms with van der Waals surface area (Å²) >= 11 is 0. The van der Waals surface area contributed by atoms with Crippen LogP contribution >= 0.6 is 0 Å². The summed E-state index contributed by atoms with van der Waals surface area (Å²) in [6.07, 6.45) is -1.02. The van der Waals surface area contributed by atoms with E-state index < -0.39 is 22.3 Å². The Balaban J connectivity index is 2.49. The molecule has 0 spiro atoms. The molecule has 1 heterocycles. The molecule has 19 heavy (non-hydrogen) atoms. The predicted octanol–water partition coefficient (Wildman–Crippen LogP) is -1.32. The van der Waals surface area contributed by atoms with Gasteiger partial charge >= 0.3 is 22.3 Å². The highest BCUT2D eigenvalue weighted by molar-refractivity contribution is 7.87. The van der Waals surface area contributed by atoms with Gasteiger partial charge in [0.1, 0.15) is 0 Å². The molecule has 110 valence electrons. The summed E-state index contributed by atoms with van der Waals surface area (Å²) in [5.41, 5.74) is 0. The van der Waals surface area contributed by atoms with Gasteiger partial charge in [-0.1, -0.05) is 0 Å². The number of nitrogens with one attached hydrogen (secondary N) is 1. The van der Waals surface area contributed by atoms with Crippen LogP contribution in [0, 0.1) is 0 Å². The van der Waals surface area contributed by atoms with E-state index in [9.17, 15) is 18.0 Å². The molecule has 0 aromatic rings. The fraction of sp³-hybridized carbons (Fsp3) is 0.778. The number of piperazine rings is 1. The molecule has 1 fully saturated rings. The van der Waals surface area contributed by atoms with Crippen molar-refractivity contribution in [3.63, 3.8) is 0 Å². The quantitative estimate of drug-likeness (QED) is 0.646. The maximum absolute atomic E-state index is 11.8. The van der Waals surface area contributed by atoms with Gasteiger partial charge < -0.3 is 9.84 Å². The van der Waals surface area contributed by atoms with E-state index in [1.54, 1.807) is 16.5 Å². The minimum absolute atomic E-state index is 0.0771. The molecule has 0 aromatic heterocycles. The number of nitrogens with zero attached hydrogens (tertiary/aromatic N) is 2. The maximum atomic E-state index is 11.8. The fourth-order valence-corrected chi connectivity index (χ4v) is 2.69. The Labute approximate surface area is 111 Å². The topological polar surface area (TPSA) is 116 Å². The second-order valence-electron chi connectivity index (χ2n) is 3.90. The predicted molar refractivity (Wildman–Crippen MR) is 64.7 cm³/mol. The summed E-state index contributed by atoms with van der Waals surface area (Å²) in [5, 5.41) is 8.62. The lowest BCUT2D eigenvalue weighted by atomic mass is 10.3. The third-order valence-electron chi connectivity index (χ3n) is 2.52. The average molecular weight is 295 g/mol. The number of ether oxygens (including phenoxy) is 1. The van der Waals surface area contributed by atoms with E-state index in [2.05, 4.69) is 4.74 Å². The molecule has 1 aliphatic rings. The summed E-state index contributed by atoms with van der Waals surface area (Å²) < 4.78 is 30.9. The van der Waals surface area contributed by atoms with Gasteiger partial charge in [0.25, 0.3) is 0 Å². The summed E-state index contributed by atoms with van der Waals surface area (Å²) in [6, 6.07) is 0. The molecule has 0 unspecified atom stereocenters. The molecule has 1 rings (SSSR count). The van der Waals surface area contributed by atoms with Gasteiger partial charge in [-0.05, 0) is 6.92 Å². The summed E-state index contributed by atoms with van der Waals surface area (Å²) in [7, 11) is -3.92. The molecule has 0 atom stereocenters. The van der Waals surface area contributed by atoms with Gasteiger partial charge in [-0.15, -0.1) is 0 Å². The SMILES string of the molecule is CCOC(=O)NS(=O)(=O)N1CCN(CC(=O)O)CC1. The fourth-order valence-electron chi connectivity index (χ4n) is 1.65. The van der Waals surface area contributed by atoms with Crippen molar-refractivity contribution in [3.8, 4) is 0 Å². The molecular formula is C9H17N3O6S. The van der Waals surface area contributed by atoms with Crippen LogP contribution in [-0.2, 0) is 19.7 Å². The number of carbonyl (C=O) groups is 2. The monoisotopic (exact) mass is 295 g/mol. The highest BCUT2D eigenvalue weighted by Crippen LogP contribution is 2.06. The number of carboxylic acid groups (broad SMARTS) is 1. The molecular weight excluding hydrogens is 278 g/mol. The van der Waals surface area contributed by atoms with Crippen LogP contribution in [0.1, 0.15) is 6.92 Å². The van der Waals surface area contributed by atoms with Crippen molar-refractivity contribution in [3.05, 3.63) is 0 Å². The first-order valence-electron chi connectivity index (χ1n) is 5.74. The van der Waals surface area contributed by atoms with Crippen LogP contribution in [0.25, 0.3) is 0 Å². The van der Waals surface area contributed by atoms with Gasteiger partial charge in [0.05, 0.1) is 13.2 Å². The summed E-state index contributed by atoms with van der Waals surface area (Å²) in [4.78, 5) is 23.2. The van der Waals surface area contributed by atoms with Crippen molar-refractivity contribution < 1.29 is 27.9 Å². The van der Waals surface area contributed by atoms with E-state index in [1.807, 2.05) is 0 Å². The van der Waals surface area contributed by atoms with Crippen molar-refractivity contribution in [2.24, 2.45) is 0 Å². The molecule has 9 nitrogen and oxygen atoms in total. The molecule has 2 N–H and O–H groups in total. The first kappa shape index (κ1) is 15.7. The lowest BCUT2D eigenvalue weighted by Crippen LogP contribution is -2.53. The van der Waals surface area contributed by atoms with Crippen molar-refractivity contribution in [1.82, 2.24) is 13.9 Å². The Morgan fingerprint density at radius 1 is 1.26 bits per heavy atom. The molecule has 0 saturated carbocycles. The number of aliphatic carboxylic acids is 1. The minimum atomic E-state index is -3.92. The molecule has 10 heteroatoms. The smallest absolute Gasteiger partial charge is 0.421 e. The zero-order valence-electron chi connectivity index (χ0n) is 10.5. The Morgan fingerprint density at radius 3 is 2.32 bits per heavy atom. The molecule has 0 radical (unpaired) electrons. The third-order valence-corrected chi connectivity index (χ3v) is 3.99. The number of carbonyl (C=O) groups excluding carboxylic acids is 1. The molecule has 1 amide bonds. The highest BCUT2D eigenvalue weighted by Gasteiger charge is 2.29. The number of hydrogen-bond acceptors (Lipinski definition) is 6. The number of rotatable bonds is 5. The van der Waals surface area contributed by atoms with Gasteiger partial charge in [-0.25, -0.2) is 9.52 Å². The van der Waals surface area contributed by atoms with Crippen LogP contribution in [0.4, 0.5) is 4.79 Å². The van der Waals surface area contributed by atoms with Crippen LogP contribution in [0.3, 0.4) is 0 Å². The van der Waals surface area contributed by atoms with Gasteiger partial charge in [-0.2, -0.15) is 12.7 Å². The third kappa shape index (κ3) is 5.01. The van der Waals surface area contributed by atoms with Crippen molar-refractivity contribution >= 4 is 22.3 Å². The largest absolute Gasteiger partial charge is 0.480 e. The van der Waals surface area contributed by atoms with E-state index in [-0.39, 0.29) is 26.2 Å². The van der Waals surface area contributed by atoms with Gasteiger partial charge in [0, 0.05) is 26.2 Å². The molecule has 0 aliphatic carbocycles. The van der Waals surface area contributed by atoms with Crippen LogP contribution in [0.15, 0.2) is 0 Å². The second kappa shape index (κ2) is 6.68. The van der Waals surface area contributed by atoms with Crippen LogP contribution in [-0.4, -0.2) is 74.1 Å². The molecule has 0 aromatic carbocycles. The van der Waals surface area contributed by atoms with E-state index in [0.717, 1.165) is 4.31 Å². The zero-order valence-corrected chi connectivity index (χ0v) is 11.4. The maximum Gasteiger partial charge on any atom is 0.421 e. The Bertz CT molecular complexity index is 429. The Morgan fingerprint density at radius 2 is 1.84 bits per heavy atom. The van der Waals surface area contributed by atoms with Crippen molar-refractivity contribution in [1.29, 1.82) is 0 Å². The van der Waals surface area contributed by atoms with E-state index in [4.69, 9.17) is 5.11 Å². The van der Waals surface area contributed by atoms with Gasteiger partial charge in [0.15, 0.2) is 0 Å². The highest BCUT2D eigenvalue weighted by atomic mass is 32.2. The Kier molecular flexibility index (Phi) is 5.51. The van der Waals surface area contributed by atoms with Crippen molar-refractivity contribution in [2.45, 2.75) is 6.92 Å². The van der Waals surface area contributed by atoms with E-state index in [0.29, 0.717) is 13.1 Å². The van der Waals surface area contributed by atoms with E-state index in [1.165, 1.54) is 0 Å². The van der Waals surface area contributed by atoms with Crippen LogP contribution in [0.5, 0.6) is 0 Å². The van der Waals surface area contributed by atoms with Crippen LogP contribution < -0.4 is 4.72 Å². The molecule has 1 aliphatic heterocycles. The normalized spacial score (nSPS) is 17.9. The lowest BCUT2D eigenvalue weighted by molar-refractivity contribution is -0.138. The van der Waals surface area contributed by atoms with Gasteiger partial charge in [-0.3, -0.25) is 9.69 Å². The Hall–Kier alpha value is -1.39. The zero-order chi connectivity index (χ0) is 14.5. The molecule has 0 bridgehead atoms. The second-order valence-corrected chi connectivity index (χ2v) is 5.57. The average Bonchev–Trinajstić information content (AvgIpc) is 2.28. The number of amides is 1. The number of hydrogen-bond donors (Lipinski definition) is 2. The first-order valence-corrected chi connectivity index (χ1v) is 7.18. The molecule has 1 saturated heterocycles. The summed E-state index contributed by atoms with van der Waals surface area (Å²) in [6.45, 7) is 2.37. The first-order chi connectivity index (χ1) is 8.85. The summed E-state index contributed by atoms with van der Waals surface area (Å²) in [5.74, 6) is -0.957. The van der Waals surface area contributed by atoms with Crippen molar-refractivity contribution in [2.75, 3.05) is 39.3 Å². The number of carboxylic acids is 1. The van der Waals surface area contributed by atoms with Crippen LogP contribution in [0.2, 0.25) is 0 Å². The minimum Gasteiger partial charge on any atom is -0.480 e. The van der Waals surface area contributed by atoms with E-state index >= 15 is 0 Å². The van der Waals surface area contributed by atoms with Gasteiger partial charge in [0.2, 0.25) is 0 Å².